The summed E-state index contributed by atoms with van der Waals surface area (Å²) < 4.78 is 1.86. The van der Waals surface area contributed by atoms with Gasteiger partial charge in [0.1, 0.15) is 0 Å². The number of carbonyl (C=O) groups excluding carboxylic acids is 1. The molecule has 2 heterocycles. The highest BCUT2D eigenvalue weighted by atomic mass is 16.4. The number of fused-ring (bicyclic) bond motifs is 1. The molecule has 3 rings (SSSR count). The van der Waals surface area contributed by atoms with Gasteiger partial charge in [-0.3, -0.25) is 9.48 Å². The normalized spacial score (nSPS) is 21.8. The first-order valence-electron chi connectivity index (χ1n) is 9.29. The Bertz CT molecular complexity index is 647. The summed E-state index contributed by atoms with van der Waals surface area (Å²) >= 11 is 0. The number of nitrogens with zero attached hydrogens (tertiary/aromatic N) is 3. The van der Waals surface area contributed by atoms with E-state index in [1.807, 2.05) is 11.6 Å². The summed E-state index contributed by atoms with van der Waals surface area (Å²) in [6.07, 6.45) is 4.93. The lowest BCUT2D eigenvalue weighted by atomic mass is 9.87. The van der Waals surface area contributed by atoms with Crippen molar-refractivity contribution < 1.29 is 14.7 Å². The van der Waals surface area contributed by atoms with Crippen molar-refractivity contribution in [2.75, 3.05) is 19.6 Å². The third kappa shape index (κ3) is 3.86. The molecule has 138 valence electrons. The number of aryl methyl sites for hydroxylation is 1. The van der Waals surface area contributed by atoms with E-state index >= 15 is 0 Å². The number of carboxylic acid groups (broad SMARTS) is 1. The van der Waals surface area contributed by atoms with E-state index in [0.29, 0.717) is 12.0 Å². The first-order chi connectivity index (χ1) is 12.0. The summed E-state index contributed by atoms with van der Waals surface area (Å²) in [5.74, 6) is -0.328. The van der Waals surface area contributed by atoms with Crippen LogP contribution in [0.3, 0.4) is 0 Å². The quantitative estimate of drug-likeness (QED) is 0.838. The maximum atomic E-state index is 11.5. The average Bonchev–Trinajstić information content (AvgIpc) is 2.98. The minimum Gasteiger partial charge on any atom is -0.476 e. The van der Waals surface area contributed by atoms with Gasteiger partial charge >= 0.3 is 5.97 Å². The molecule has 1 unspecified atom stereocenters. The van der Waals surface area contributed by atoms with Gasteiger partial charge in [-0.25, -0.2) is 4.79 Å². The summed E-state index contributed by atoms with van der Waals surface area (Å²) in [5.41, 5.74) is 2.28. The molecule has 1 aromatic rings. The monoisotopic (exact) mass is 348 g/mol. The number of hydrogen-bond donors (Lipinski definition) is 2. The van der Waals surface area contributed by atoms with Gasteiger partial charge in [-0.05, 0) is 58.0 Å². The summed E-state index contributed by atoms with van der Waals surface area (Å²) in [6.45, 7) is 7.10. The Morgan fingerprint density at radius 2 is 2.00 bits per heavy atom. The molecule has 1 aromatic heterocycles. The molecule has 0 saturated carbocycles. The van der Waals surface area contributed by atoms with Crippen LogP contribution < -0.4 is 5.32 Å². The van der Waals surface area contributed by atoms with Crippen molar-refractivity contribution in [2.24, 2.45) is 5.92 Å². The molecule has 1 saturated heterocycles. The molecule has 0 radical (unpaired) electrons. The number of carboxylic acids is 1. The lowest BCUT2D eigenvalue weighted by molar-refractivity contribution is -0.119. The fraction of sp³-hybridized carbons (Fsp3) is 0.722. The van der Waals surface area contributed by atoms with Crippen molar-refractivity contribution in [3.63, 3.8) is 0 Å². The van der Waals surface area contributed by atoms with E-state index in [1.54, 1.807) is 6.92 Å². The molecule has 1 aliphatic carbocycles. The molecule has 1 aliphatic heterocycles. The minimum absolute atomic E-state index is 0.0383. The van der Waals surface area contributed by atoms with E-state index < -0.39 is 5.97 Å². The number of aromatic nitrogens is 2. The van der Waals surface area contributed by atoms with Crippen LogP contribution in [0.1, 0.15) is 54.9 Å². The molecule has 0 bridgehead atoms. The highest BCUT2D eigenvalue weighted by Crippen LogP contribution is 2.30. The van der Waals surface area contributed by atoms with Crippen LogP contribution in [-0.2, 0) is 24.2 Å². The van der Waals surface area contributed by atoms with Crippen molar-refractivity contribution in [1.29, 1.82) is 0 Å². The van der Waals surface area contributed by atoms with E-state index in [2.05, 4.69) is 15.3 Å². The molecule has 7 heteroatoms. The standard InChI is InChI=1S/C18H28N4O3/c1-3-22-16-5-4-14(10-15(16)17(20-22)18(24)25)21-8-6-13(7-9-21)11-19-12(2)23/h13-14H,3-11H2,1-2H3,(H,19,23)(H,24,25). The smallest absolute Gasteiger partial charge is 0.356 e. The maximum Gasteiger partial charge on any atom is 0.356 e. The summed E-state index contributed by atoms with van der Waals surface area (Å²) in [5, 5.41) is 16.7. The van der Waals surface area contributed by atoms with Crippen molar-refractivity contribution in [3.8, 4) is 0 Å². The van der Waals surface area contributed by atoms with Crippen LogP contribution in [0.25, 0.3) is 0 Å². The van der Waals surface area contributed by atoms with Crippen molar-refractivity contribution in [2.45, 2.75) is 58.5 Å². The zero-order chi connectivity index (χ0) is 18.0. The van der Waals surface area contributed by atoms with Gasteiger partial charge < -0.3 is 15.3 Å². The van der Waals surface area contributed by atoms with Gasteiger partial charge in [0, 0.05) is 37.3 Å². The third-order valence-electron chi connectivity index (χ3n) is 5.63. The van der Waals surface area contributed by atoms with E-state index in [0.717, 1.165) is 69.5 Å². The highest BCUT2D eigenvalue weighted by Gasteiger charge is 2.33. The van der Waals surface area contributed by atoms with Crippen LogP contribution >= 0.6 is 0 Å². The number of hydrogen-bond acceptors (Lipinski definition) is 4. The van der Waals surface area contributed by atoms with Crippen LogP contribution in [-0.4, -0.2) is 57.3 Å². The summed E-state index contributed by atoms with van der Waals surface area (Å²) in [7, 11) is 0. The summed E-state index contributed by atoms with van der Waals surface area (Å²) in [4.78, 5) is 25.1. The molecule has 1 fully saturated rings. The zero-order valence-corrected chi connectivity index (χ0v) is 15.1. The molecule has 0 spiro atoms. The molecule has 0 aromatic carbocycles. The number of carbonyl (C=O) groups is 2. The Morgan fingerprint density at radius 1 is 1.28 bits per heavy atom. The largest absolute Gasteiger partial charge is 0.476 e. The van der Waals surface area contributed by atoms with Gasteiger partial charge in [0.15, 0.2) is 5.69 Å². The number of amides is 1. The second-order valence-electron chi connectivity index (χ2n) is 7.21. The fourth-order valence-electron chi connectivity index (χ4n) is 4.22. The SMILES string of the molecule is CCn1nc(C(=O)O)c2c1CCC(N1CCC(CNC(C)=O)CC1)C2. The van der Waals surface area contributed by atoms with Crippen molar-refractivity contribution in [1.82, 2.24) is 20.0 Å². The van der Waals surface area contributed by atoms with Gasteiger partial charge in [-0.2, -0.15) is 5.10 Å². The number of aromatic carboxylic acids is 1. The number of piperidine rings is 1. The topological polar surface area (TPSA) is 87.5 Å². The van der Waals surface area contributed by atoms with E-state index in [-0.39, 0.29) is 11.6 Å². The molecular weight excluding hydrogens is 320 g/mol. The molecule has 1 atom stereocenters. The lowest BCUT2D eigenvalue weighted by Crippen LogP contribution is -2.45. The zero-order valence-electron chi connectivity index (χ0n) is 15.1. The first-order valence-corrected chi connectivity index (χ1v) is 9.29. The Hall–Kier alpha value is -1.89. The van der Waals surface area contributed by atoms with Crippen LogP contribution in [0.2, 0.25) is 0 Å². The van der Waals surface area contributed by atoms with Crippen LogP contribution in [0.5, 0.6) is 0 Å². The molecule has 7 nitrogen and oxygen atoms in total. The first kappa shape index (κ1) is 17.9. The van der Waals surface area contributed by atoms with Crippen LogP contribution in [0, 0.1) is 5.92 Å². The van der Waals surface area contributed by atoms with Crippen molar-refractivity contribution in [3.05, 3.63) is 17.0 Å². The predicted molar refractivity (Wildman–Crippen MR) is 93.7 cm³/mol. The van der Waals surface area contributed by atoms with Gasteiger partial charge in [0.05, 0.1) is 0 Å². The minimum atomic E-state index is -0.918. The average molecular weight is 348 g/mol. The molecule has 25 heavy (non-hydrogen) atoms. The van der Waals surface area contributed by atoms with Gasteiger partial charge in [0.2, 0.25) is 5.91 Å². The molecule has 1 amide bonds. The second-order valence-corrected chi connectivity index (χ2v) is 7.21. The third-order valence-corrected chi connectivity index (χ3v) is 5.63. The van der Waals surface area contributed by atoms with Crippen molar-refractivity contribution >= 4 is 11.9 Å². The van der Waals surface area contributed by atoms with E-state index in [9.17, 15) is 14.7 Å². The second kappa shape index (κ2) is 7.56. The molecule has 2 N–H and O–H groups in total. The predicted octanol–water partition coefficient (Wildman–Crippen LogP) is 1.31. The van der Waals surface area contributed by atoms with Gasteiger partial charge in [-0.1, -0.05) is 0 Å². The maximum absolute atomic E-state index is 11.5. The van der Waals surface area contributed by atoms with Gasteiger partial charge in [-0.15, -0.1) is 0 Å². The molecule has 2 aliphatic rings. The fourth-order valence-corrected chi connectivity index (χ4v) is 4.22. The Balaban J connectivity index is 1.63. The van der Waals surface area contributed by atoms with Gasteiger partial charge in [0.25, 0.3) is 0 Å². The molecular formula is C18H28N4O3. The Labute approximate surface area is 148 Å². The number of rotatable bonds is 5. The number of likely N-dealkylation sites (tertiary alicyclic amines) is 1. The van der Waals surface area contributed by atoms with E-state index in [1.165, 1.54) is 0 Å². The number of nitrogens with one attached hydrogen (secondary N) is 1. The van der Waals surface area contributed by atoms with Crippen LogP contribution in [0.15, 0.2) is 0 Å². The van der Waals surface area contributed by atoms with Crippen LogP contribution in [0.4, 0.5) is 0 Å². The Morgan fingerprint density at radius 3 is 2.60 bits per heavy atom. The summed E-state index contributed by atoms with van der Waals surface area (Å²) in [6, 6.07) is 0.404. The van der Waals surface area contributed by atoms with E-state index in [4.69, 9.17) is 0 Å². The Kier molecular flexibility index (Phi) is 5.42. The lowest BCUT2D eigenvalue weighted by Gasteiger charge is -2.39. The highest BCUT2D eigenvalue weighted by molar-refractivity contribution is 5.87.